The van der Waals surface area contributed by atoms with Crippen molar-refractivity contribution in [2.24, 2.45) is 0 Å². The van der Waals surface area contributed by atoms with Crippen molar-refractivity contribution in [2.45, 2.75) is 6.10 Å². The second-order valence-corrected chi connectivity index (χ2v) is 6.25. The van der Waals surface area contributed by atoms with Gasteiger partial charge >= 0.3 is 0 Å². The zero-order chi connectivity index (χ0) is 20.5. The van der Waals surface area contributed by atoms with E-state index < -0.39 is 17.8 Å². The lowest BCUT2D eigenvalue weighted by atomic mass is 10.1. The Morgan fingerprint density at radius 1 is 0.793 bits per heavy atom. The normalized spacial score (nSPS) is 11.3. The molecule has 6 heteroatoms. The first-order chi connectivity index (χ1) is 14.1. The van der Waals surface area contributed by atoms with Gasteiger partial charge in [-0.05, 0) is 24.3 Å². The third kappa shape index (κ3) is 5.65. The second kappa shape index (κ2) is 10.0. The zero-order valence-corrected chi connectivity index (χ0v) is 15.7. The minimum atomic E-state index is -0.833. The van der Waals surface area contributed by atoms with Gasteiger partial charge in [-0.2, -0.15) is 0 Å². The van der Waals surface area contributed by atoms with Crippen LogP contribution in [-0.2, 0) is 4.79 Å². The Kier molecular flexibility index (Phi) is 6.95. The Morgan fingerprint density at radius 3 is 2.07 bits per heavy atom. The molecule has 148 valence electrons. The molecule has 0 heterocycles. The van der Waals surface area contributed by atoms with Gasteiger partial charge in [0.25, 0.3) is 11.8 Å². The number of carbonyl (C=O) groups is 2. The third-order valence-corrected chi connectivity index (χ3v) is 4.17. The first kappa shape index (κ1) is 20.1. The molecule has 29 heavy (non-hydrogen) atoms. The van der Waals surface area contributed by atoms with Crippen LogP contribution in [0.2, 0.25) is 0 Å². The van der Waals surface area contributed by atoms with Crippen molar-refractivity contribution in [1.29, 1.82) is 0 Å². The number of nitrogens with one attached hydrogen (secondary N) is 2. The largest absolute Gasteiger partial charge is 0.476 e. The Balaban J connectivity index is 1.57. The Labute approximate surface area is 168 Å². The van der Waals surface area contributed by atoms with Crippen molar-refractivity contribution in [3.05, 3.63) is 102 Å². The van der Waals surface area contributed by atoms with Gasteiger partial charge in [0.1, 0.15) is 11.6 Å². The summed E-state index contributed by atoms with van der Waals surface area (Å²) in [5.74, 6) is -0.878. The first-order valence-electron chi connectivity index (χ1n) is 9.22. The van der Waals surface area contributed by atoms with Crippen LogP contribution >= 0.6 is 0 Å². The van der Waals surface area contributed by atoms with Gasteiger partial charge in [-0.1, -0.05) is 60.7 Å². The molecule has 3 rings (SSSR count). The summed E-state index contributed by atoms with van der Waals surface area (Å²) in [6.07, 6.45) is -0.833. The molecule has 3 aromatic carbocycles. The fourth-order valence-corrected chi connectivity index (χ4v) is 2.73. The average molecular weight is 392 g/mol. The highest BCUT2D eigenvalue weighted by atomic mass is 19.1. The monoisotopic (exact) mass is 392 g/mol. The molecule has 0 aliphatic heterocycles. The van der Waals surface area contributed by atoms with Gasteiger partial charge in [-0.3, -0.25) is 9.59 Å². The van der Waals surface area contributed by atoms with Gasteiger partial charge in [0, 0.05) is 18.7 Å². The molecule has 1 unspecified atom stereocenters. The van der Waals surface area contributed by atoms with Crippen molar-refractivity contribution < 1.29 is 18.7 Å². The van der Waals surface area contributed by atoms with E-state index in [0.717, 1.165) is 0 Å². The quantitative estimate of drug-likeness (QED) is 0.577. The fraction of sp³-hybridized carbons (Fsp3) is 0.130. The van der Waals surface area contributed by atoms with Crippen LogP contribution in [-0.4, -0.2) is 24.9 Å². The molecule has 0 aliphatic carbocycles. The third-order valence-electron chi connectivity index (χ3n) is 4.17. The van der Waals surface area contributed by atoms with Crippen molar-refractivity contribution in [3.63, 3.8) is 0 Å². The van der Waals surface area contributed by atoms with E-state index in [1.165, 1.54) is 18.2 Å². The van der Waals surface area contributed by atoms with E-state index in [1.807, 2.05) is 48.5 Å². The van der Waals surface area contributed by atoms with E-state index in [0.29, 0.717) is 11.3 Å². The molecule has 0 spiro atoms. The SMILES string of the molecule is O=C(NCCNC(=O)C(Oc1ccccc1)c1ccccc1)c1ccccc1F. The number of ether oxygens (including phenoxy) is 1. The molecular weight excluding hydrogens is 371 g/mol. The van der Waals surface area contributed by atoms with Crippen molar-refractivity contribution in [3.8, 4) is 5.75 Å². The molecule has 5 nitrogen and oxygen atoms in total. The first-order valence-corrected chi connectivity index (χ1v) is 9.22. The summed E-state index contributed by atoms with van der Waals surface area (Å²) in [6.45, 7) is 0.340. The summed E-state index contributed by atoms with van der Waals surface area (Å²) in [6, 6.07) is 24.0. The van der Waals surface area contributed by atoms with Crippen LogP contribution in [0, 0.1) is 5.82 Å². The number of rotatable bonds is 8. The minimum absolute atomic E-state index is 0.0339. The molecule has 0 saturated heterocycles. The standard InChI is InChI=1S/C23H21FN2O3/c24-20-14-8-7-13-19(20)22(27)25-15-16-26-23(28)21(17-9-3-1-4-10-17)29-18-11-5-2-6-12-18/h1-14,21H,15-16H2,(H,25,27)(H,26,28). The Bertz CT molecular complexity index is 949. The highest BCUT2D eigenvalue weighted by molar-refractivity contribution is 5.94. The number of hydrogen-bond donors (Lipinski definition) is 2. The molecule has 0 bridgehead atoms. The molecule has 0 saturated carbocycles. The van der Waals surface area contributed by atoms with Crippen LogP contribution in [0.3, 0.4) is 0 Å². The topological polar surface area (TPSA) is 67.4 Å². The lowest BCUT2D eigenvalue weighted by Gasteiger charge is -2.19. The number of hydrogen-bond acceptors (Lipinski definition) is 3. The maximum absolute atomic E-state index is 13.6. The van der Waals surface area contributed by atoms with Gasteiger partial charge in [-0.15, -0.1) is 0 Å². The molecule has 0 aromatic heterocycles. The van der Waals surface area contributed by atoms with Gasteiger partial charge in [0.15, 0.2) is 0 Å². The van der Waals surface area contributed by atoms with Gasteiger partial charge < -0.3 is 15.4 Å². The lowest BCUT2D eigenvalue weighted by Crippen LogP contribution is -2.38. The Morgan fingerprint density at radius 2 is 1.38 bits per heavy atom. The number of amides is 2. The van der Waals surface area contributed by atoms with E-state index in [1.54, 1.807) is 18.2 Å². The maximum atomic E-state index is 13.6. The van der Waals surface area contributed by atoms with E-state index in [9.17, 15) is 14.0 Å². The summed E-state index contributed by atoms with van der Waals surface area (Å²) in [7, 11) is 0. The number of carbonyl (C=O) groups excluding carboxylic acids is 2. The number of benzene rings is 3. The van der Waals surface area contributed by atoms with E-state index >= 15 is 0 Å². The van der Waals surface area contributed by atoms with Crippen LogP contribution in [0.1, 0.15) is 22.0 Å². The summed E-state index contributed by atoms with van der Waals surface area (Å²) < 4.78 is 19.5. The van der Waals surface area contributed by atoms with Crippen LogP contribution in [0.25, 0.3) is 0 Å². The molecule has 2 amide bonds. The van der Waals surface area contributed by atoms with E-state index in [4.69, 9.17) is 4.74 Å². The van der Waals surface area contributed by atoms with E-state index in [2.05, 4.69) is 10.6 Å². The van der Waals surface area contributed by atoms with Crippen LogP contribution < -0.4 is 15.4 Å². The summed E-state index contributed by atoms with van der Waals surface area (Å²) in [4.78, 5) is 24.7. The molecular formula is C23H21FN2O3. The van der Waals surface area contributed by atoms with Crippen LogP contribution in [0.4, 0.5) is 4.39 Å². The maximum Gasteiger partial charge on any atom is 0.265 e. The number of para-hydroxylation sites is 1. The van der Waals surface area contributed by atoms with Crippen molar-refractivity contribution in [2.75, 3.05) is 13.1 Å². The highest BCUT2D eigenvalue weighted by Crippen LogP contribution is 2.21. The predicted octanol–water partition coefficient (Wildman–Crippen LogP) is 3.49. The van der Waals surface area contributed by atoms with Crippen molar-refractivity contribution in [1.82, 2.24) is 10.6 Å². The van der Waals surface area contributed by atoms with Gasteiger partial charge in [0.2, 0.25) is 6.10 Å². The molecule has 3 aromatic rings. The Hall–Kier alpha value is -3.67. The van der Waals surface area contributed by atoms with Crippen LogP contribution in [0.5, 0.6) is 5.75 Å². The molecule has 1 atom stereocenters. The summed E-state index contributed by atoms with van der Waals surface area (Å²) >= 11 is 0. The van der Waals surface area contributed by atoms with Gasteiger partial charge in [0.05, 0.1) is 5.56 Å². The lowest BCUT2D eigenvalue weighted by molar-refractivity contribution is -0.128. The van der Waals surface area contributed by atoms with Crippen LogP contribution in [0.15, 0.2) is 84.9 Å². The van der Waals surface area contributed by atoms with E-state index in [-0.39, 0.29) is 24.6 Å². The van der Waals surface area contributed by atoms with Crippen molar-refractivity contribution >= 4 is 11.8 Å². The molecule has 0 fully saturated rings. The molecule has 0 aliphatic rings. The fourth-order valence-electron chi connectivity index (χ4n) is 2.73. The molecule has 2 N–H and O–H groups in total. The second-order valence-electron chi connectivity index (χ2n) is 6.25. The highest BCUT2D eigenvalue weighted by Gasteiger charge is 2.22. The zero-order valence-electron chi connectivity index (χ0n) is 15.7. The minimum Gasteiger partial charge on any atom is -0.476 e. The summed E-state index contributed by atoms with van der Waals surface area (Å²) in [5.41, 5.74) is 0.678. The predicted molar refractivity (Wildman–Crippen MR) is 108 cm³/mol. The summed E-state index contributed by atoms with van der Waals surface area (Å²) in [5, 5.41) is 5.34. The number of halogens is 1. The average Bonchev–Trinajstić information content (AvgIpc) is 2.76. The van der Waals surface area contributed by atoms with Gasteiger partial charge in [-0.25, -0.2) is 4.39 Å². The molecule has 0 radical (unpaired) electrons. The smallest absolute Gasteiger partial charge is 0.265 e.